The molecule has 84 valence electrons. The SMILES string of the molecule is CNCc1cnc2c(C(C)C)cccc2c1. The van der Waals surface area contributed by atoms with E-state index in [0.29, 0.717) is 5.92 Å². The highest BCUT2D eigenvalue weighted by Crippen LogP contribution is 2.23. The second-order valence-corrected chi connectivity index (χ2v) is 4.45. The van der Waals surface area contributed by atoms with Gasteiger partial charge in [0.2, 0.25) is 0 Å². The van der Waals surface area contributed by atoms with E-state index in [2.05, 4.69) is 48.4 Å². The van der Waals surface area contributed by atoms with E-state index in [1.165, 1.54) is 16.5 Å². The Hall–Kier alpha value is -1.41. The Labute approximate surface area is 96.7 Å². The molecular weight excluding hydrogens is 196 g/mol. The van der Waals surface area contributed by atoms with E-state index < -0.39 is 0 Å². The van der Waals surface area contributed by atoms with Gasteiger partial charge in [-0.25, -0.2) is 0 Å². The van der Waals surface area contributed by atoms with Gasteiger partial charge in [0.25, 0.3) is 0 Å². The summed E-state index contributed by atoms with van der Waals surface area (Å²) < 4.78 is 0. The van der Waals surface area contributed by atoms with E-state index in [1.54, 1.807) is 0 Å². The van der Waals surface area contributed by atoms with Crippen LogP contribution in [0.4, 0.5) is 0 Å². The second-order valence-electron chi connectivity index (χ2n) is 4.45. The monoisotopic (exact) mass is 214 g/mol. The maximum absolute atomic E-state index is 4.58. The number of nitrogens with one attached hydrogen (secondary N) is 1. The zero-order valence-corrected chi connectivity index (χ0v) is 10.1. The van der Waals surface area contributed by atoms with Gasteiger partial charge in [-0.05, 0) is 30.2 Å². The molecule has 2 rings (SSSR count). The number of rotatable bonds is 3. The fourth-order valence-corrected chi connectivity index (χ4v) is 2.00. The highest BCUT2D eigenvalue weighted by molar-refractivity contribution is 5.82. The minimum absolute atomic E-state index is 0.520. The summed E-state index contributed by atoms with van der Waals surface area (Å²) in [6.45, 7) is 5.28. The van der Waals surface area contributed by atoms with E-state index in [9.17, 15) is 0 Å². The maximum atomic E-state index is 4.58. The molecule has 0 spiro atoms. The van der Waals surface area contributed by atoms with Crippen LogP contribution in [0.1, 0.15) is 30.9 Å². The molecule has 0 unspecified atom stereocenters. The van der Waals surface area contributed by atoms with Gasteiger partial charge in [-0.3, -0.25) is 4.98 Å². The third-order valence-corrected chi connectivity index (χ3v) is 2.80. The molecule has 2 heteroatoms. The van der Waals surface area contributed by atoms with Gasteiger partial charge in [0.15, 0.2) is 0 Å². The number of hydrogen-bond acceptors (Lipinski definition) is 2. The highest BCUT2D eigenvalue weighted by Gasteiger charge is 2.06. The Morgan fingerprint density at radius 2 is 2.12 bits per heavy atom. The molecule has 0 aliphatic carbocycles. The van der Waals surface area contributed by atoms with Crippen molar-refractivity contribution >= 4 is 10.9 Å². The standard InChI is InChI=1S/C14H18N2/c1-10(2)13-6-4-5-12-7-11(8-15-3)9-16-14(12)13/h4-7,9-10,15H,8H2,1-3H3. The Bertz CT molecular complexity index is 489. The molecule has 0 amide bonds. The molecule has 0 fully saturated rings. The van der Waals surface area contributed by atoms with E-state index >= 15 is 0 Å². The summed E-state index contributed by atoms with van der Waals surface area (Å²) >= 11 is 0. The van der Waals surface area contributed by atoms with E-state index in [0.717, 1.165) is 12.1 Å². The lowest BCUT2D eigenvalue weighted by Crippen LogP contribution is -2.05. The van der Waals surface area contributed by atoms with Crippen molar-refractivity contribution in [3.8, 4) is 0 Å². The van der Waals surface area contributed by atoms with Gasteiger partial charge in [-0.1, -0.05) is 32.0 Å². The Morgan fingerprint density at radius 1 is 1.31 bits per heavy atom. The summed E-state index contributed by atoms with van der Waals surface area (Å²) in [4.78, 5) is 4.58. The van der Waals surface area contributed by atoms with Crippen LogP contribution < -0.4 is 5.32 Å². The smallest absolute Gasteiger partial charge is 0.0736 e. The van der Waals surface area contributed by atoms with Gasteiger partial charge in [-0.2, -0.15) is 0 Å². The summed E-state index contributed by atoms with van der Waals surface area (Å²) in [6, 6.07) is 8.62. The van der Waals surface area contributed by atoms with Gasteiger partial charge in [-0.15, -0.1) is 0 Å². The van der Waals surface area contributed by atoms with Crippen LogP contribution in [0.25, 0.3) is 10.9 Å². The first-order valence-corrected chi connectivity index (χ1v) is 5.74. The summed E-state index contributed by atoms with van der Waals surface area (Å²) in [5.41, 5.74) is 3.70. The van der Waals surface area contributed by atoms with Crippen molar-refractivity contribution in [1.82, 2.24) is 10.3 Å². The minimum atomic E-state index is 0.520. The van der Waals surface area contributed by atoms with Crippen molar-refractivity contribution in [3.05, 3.63) is 41.6 Å². The molecule has 1 aromatic heterocycles. The quantitative estimate of drug-likeness (QED) is 0.849. The van der Waals surface area contributed by atoms with Crippen molar-refractivity contribution in [2.45, 2.75) is 26.3 Å². The summed E-state index contributed by atoms with van der Waals surface area (Å²) in [6.07, 6.45) is 1.96. The number of para-hydroxylation sites is 1. The molecule has 16 heavy (non-hydrogen) atoms. The van der Waals surface area contributed by atoms with E-state index in [-0.39, 0.29) is 0 Å². The van der Waals surface area contributed by atoms with Crippen LogP contribution in [0.15, 0.2) is 30.5 Å². The molecule has 0 saturated heterocycles. The topological polar surface area (TPSA) is 24.9 Å². The molecule has 1 heterocycles. The molecule has 0 atom stereocenters. The lowest BCUT2D eigenvalue weighted by Gasteiger charge is -2.09. The molecule has 0 aliphatic rings. The predicted molar refractivity (Wildman–Crippen MR) is 68.6 cm³/mol. The molecular formula is C14H18N2. The van der Waals surface area contributed by atoms with E-state index in [4.69, 9.17) is 0 Å². The summed E-state index contributed by atoms with van der Waals surface area (Å²) in [5.74, 6) is 0.520. The molecule has 1 N–H and O–H groups in total. The Kier molecular flexibility index (Phi) is 3.20. The van der Waals surface area contributed by atoms with Crippen LogP contribution >= 0.6 is 0 Å². The predicted octanol–water partition coefficient (Wildman–Crippen LogP) is 3.08. The summed E-state index contributed by atoms with van der Waals surface area (Å²) in [7, 11) is 1.95. The summed E-state index contributed by atoms with van der Waals surface area (Å²) in [5, 5.41) is 4.38. The second kappa shape index (κ2) is 4.62. The number of nitrogens with zero attached hydrogens (tertiary/aromatic N) is 1. The number of benzene rings is 1. The van der Waals surface area contributed by atoms with Crippen molar-refractivity contribution in [2.75, 3.05) is 7.05 Å². The van der Waals surface area contributed by atoms with E-state index in [1.807, 2.05) is 13.2 Å². The maximum Gasteiger partial charge on any atom is 0.0736 e. The minimum Gasteiger partial charge on any atom is -0.316 e. The first kappa shape index (κ1) is 11.1. The van der Waals surface area contributed by atoms with Crippen molar-refractivity contribution in [1.29, 1.82) is 0 Å². The molecule has 1 aromatic carbocycles. The average Bonchev–Trinajstić information content (AvgIpc) is 2.28. The number of fused-ring (bicyclic) bond motifs is 1. The fourth-order valence-electron chi connectivity index (χ4n) is 2.00. The van der Waals surface area contributed by atoms with Gasteiger partial charge in [0.1, 0.15) is 0 Å². The molecule has 0 saturated carbocycles. The van der Waals surface area contributed by atoms with Crippen LogP contribution in [0.2, 0.25) is 0 Å². The number of hydrogen-bond donors (Lipinski definition) is 1. The van der Waals surface area contributed by atoms with Gasteiger partial charge in [0.05, 0.1) is 5.52 Å². The molecule has 2 aromatic rings. The fraction of sp³-hybridized carbons (Fsp3) is 0.357. The highest BCUT2D eigenvalue weighted by atomic mass is 14.8. The lowest BCUT2D eigenvalue weighted by molar-refractivity contribution is 0.814. The first-order valence-electron chi connectivity index (χ1n) is 5.74. The third-order valence-electron chi connectivity index (χ3n) is 2.80. The van der Waals surface area contributed by atoms with Gasteiger partial charge in [0, 0.05) is 18.1 Å². The third kappa shape index (κ3) is 2.07. The zero-order valence-electron chi connectivity index (χ0n) is 10.1. The van der Waals surface area contributed by atoms with Crippen LogP contribution in [0.5, 0.6) is 0 Å². The normalized spacial score (nSPS) is 11.2. The number of aromatic nitrogens is 1. The van der Waals surface area contributed by atoms with Crippen LogP contribution in [-0.4, -0.2) is 12.0 Å². The molecule has 0 bridgehead atoms. The zero-order chi connectivity index (χ0) is 11.5. The van der Waals surface area contributed by atoms with Crippen LogP contribution in [0.3, 0.4) is 0 Å². The Balaban J connectivity index is 2.55. The molecule has 2 nitrogen and oxygen atoms in total. The largest absolute Gasteiger partial charge is 0.316 e. The molecule has 0 aliphatic heterocycles. The van der Waals surface area contributed by atoms with Crippen LogP contribution in [-0.2, 0) is 6.54 Å². The Morgan fingerprint density at radius 3 is 2.81 bits per heavy atom. The van der Waals surface area contributed by atoms with Gasteiger partial charge >= 0.3 is 0 Å². The molecule has 0 radical (unpaired) electrons. The van der Waals surface area contributed by atoms with Crippen molar-refractivity contribution in [2.24, 2.45) is 0 Å². The average molecular weight is 214 g/mol. The van der Waals surface area contributed by atoms with Crippen LogP contribution in [0, 0.1) is 0 Å². The van der Waals surface area contributed by atoms with Crippen molar-refractivity contribution in [3.63, 3.8) is 0 Å². The lowest BCUT2D eigenvalue weighted by atomic mass is 9.99. The van der Waals surface area contributed by atoms with Gasteiger partial charge < -0.3 is 5.32 Å². The van der Waals surface area contributed by atoms with Crippen molar-refractivity contribution < 1.29 is 0 Å². The first-order chi connectivity index (χ1) is 7.72. The number of pyridine rings is 1.